The van der Waals surface area contributed by atoms with E-state index in [0.717, 1.165) is 16.9 Å². The first kappa shape index (κ1) is 23.8. The molecule has 1 amide bonds. The lowest BCUT2D eigenvalue weighted by atomic mass is 9.97. The number of carbonyl (C=O) groups is 3. The number of pyridine rings is 1. The Kier molecular flexibility index (Phi) is 6.98. The molecule has 0 saturated carbocycles. The number of ketones is 1. The molecule has 1 atom stereocenters. The zero-order valence-corrected chi connectivity index (χ0v) is 19.6. The lowest BCUT2D eigenvalue weighted by Gasteiger charge is -2.23. The maximum atomic E-state index is 13.2. The van der Waals surface area contributed by atoms with Gasteiger partial charge in [-0.25, -0.2) is 9.78 Å². The van der Waals surface area contributed by atoms with Crippen molar-refractivity contribution in [3.05, 3.63) is 107 Å². The maximum absolute atomic E-state index is 13.2. The van der Waals surface area contributed by atoms with Crippen molar-refractivity contribution in [1.29, 1.82) is 0 Å². The first-order valence-electron chi connectivity index (χ1n) is 10.6. The fourth-order valence-electron chi connectivity index (χ4n) is 3.61. The highest BCUT2D eigenvalue weighted by atomic mass is 32.1. The molecule has 0 aliphatic carbocycles. The van der Waals surface area contributed by atoms with Gasteiger partial charge in [-0.15, -0.1) is 0 Å². The van der Waals surface area contributed by atoms with Crippen LogP contribution in [0.25, 0.3) is 6.08 Å². The summed E-state index contributed by atoms with van der Waals surface area (Å²) in [7, 11) is 0. The van der Waals surface area contributed by atoms with E-state index in [4.69, 9.17) is 4.74 Å². The Labute approximate surface area is 205 Å². The highest BCUT2D eigenvalue weighted by molar-refractivity contribution is 7.17. The van der Waals surface area contributed by atoms with Crippen molar-refractivity contribution in [3.8, 4) is 0 Å². The van der Waals surface area contributed by atoms with Gasteiger partial charge in [0.05, 0.1) is 17.3 Å². The van der Waals surface area contributed by atoms with E-state index >= 15 is 0 Å². The van der Waals surface area contributed by atoms with Gasteiger partial charge in [-0.2, -0.15) is 0 Å². The number of esters is 1. The van der Waals surface area contributed by atoms with Gasteiger partial charge in [0.25, 0.3) is 5.91 Å². The molecule has 0 saturated heterocycles. The lowest BCUT2D eigenvalue weighted by Crippen LogP contribution is -2.30. The number of benzene rings is 1. The fraction of sp³-hybridized carbons (Fsp3) is 0.115. The van der Waals surface area contributed by atoms with Crippen LogP contribution in [0.5, 0.6) is 0 Å². The molecule has 2 aromatic heterocycles. The van der Waals surface area contributed by atoms with Crippen LogP contribution < -0.4 is 4.90 Å². The van der Waals surface area contributed by atoms with Gasteiger partial charge in [0.1, 0.15) is 11.5 Å². The molecular formula is C26H21N3O5S. The maximum Gasteiger partial charge on any atom is 0.350 e. The van der Waals surface area contributed by atoms with Crippen LogP contribution in [0.4, 0.5) is 5.13 Å². The Bertz CT molecular complexity index is 1350. The number of thiazole rings is 1. The number of rotatable bonds is 8. The summed E-state index contributed by atoms with van der Waals surface area (Å²) >= 11 is 0.941. The van der Waals surface area contributed by atoms with E-state index in [2.05, 4.69) is 16.5 Å². The molecule has 9 heteroatoms. The van der Waals surface area contributed by atoms with Crippen molar-refractivity contribution in [2.45, 2.75) is 13.0 Å². The summed E-state index contributed by atoms with van der Waals surface area (Å²) in [5.74, 6) is -2.61. The van der Waals surface area contributed by atoms with Crippen molar-refractivity contribution >= 4 is 40.2 Å². The van der Waals surface area contributed by atoms with Gasteiger partial charge in [-0.05, 0) is 30.2 Å². The van der Waals surface area contributed by atoms with Crippen LogP contribution >= 0.6 is 11.3 Å². The summed E-state index contributed by atoms with van der Waals surface area (Å²) in [6.07, 6.45) is 7.44. The molecule has 35 heavy (non-hydrogen) atoms. The van der Waals surface area contributed by atoms with Crippen molar-refractivity contribution in [3.63, 3.8) is 0 Å². The molecule has 0 radical (unpaired) electrons. The van der Waals surface area contributed by atoms with E-state index in [1.165, 1.54) is 23.2 Å². The van der Waals surface area contributed by atoms with Crippen molar-refractivity contribution in [2.24, 2.45) is 0 Å². The quantitative estimate of drug-likeness (QED) is 0.285. The average Bonchev–Trinajstić information content (AvgIpc) is 3.39. The topological polar surface area (TPSA) is 110 Å². The molecular weight excluding hydrogens is 466 g/mol. The number of hydrogen-bond donors (Lipinski definition) is 1. The van der Waals surface area contributed by atoms with Crippen LogP contribution in [0.3, 0.4) is 0 Å². The molecule has 0 fully saturated rings. The van der Waals surface area contributed by atoms with Crippen LogP contribution in [-0.2, 0) is 14.3 Å². The smallest absolute Gasteiger partial charge is 0.350 e. The minimum atomic E-state index is -0.980. The number of allylic oxidation sites excluding steroid dienone is 1. The normalized spacial score (nSPS) is 15.6. The Morgan fingerprint density at radius 1 is 1.23 bits per heavy atom. The van der Waals surface area contributed by atoms with Crippen molar-refractivity contribution in [1.82, 2.24) is 9.97 Å². The fourth-order valence-corrected chi connectivity index (χ4v) is 4.60. The molecule has 3 aromatic rings. The van der Waals surface area contributed by atoms with Crippen LogP contribution in [0, 0.1) is 6.92 Å². The van der Waals surface area contributed by atoms with Crippen LogP contribution in [0.2, 0.25) is 0 Å². The molecule has 1 N–H and O–H groups in total. The van der Waals surface area contributed by atoms with E-state index in [0.29, 0.717) is 11.3 Å². The average molecular weight is 488 g/mol. The molecule has 1 aliphatic heterocycles. The number of aliphatic hydroxyl groups excluding tert-OH is 1. The van der Waals surface area contributed by atoms with Crippen LogP contribution in [0.1, 0.15) is 32.5 Å². The molecule has 1 aliphatic rings. The zero-order valence-electron chi connectivity index (χ0n) is 18.7. The van der Waals surface area contributed by atoms with Gasteiger partial charge in [0.15, 0.2) is 16.7 Å². The standard InChI is InChI=1S/C26H21N3O5S/c1-3-14-34-25(33)23-16(2)28-26(35-23)29-21(18-10-7-13-27-15-18)20(22(31)24(29)32)19(30)12-11-17-8-5-4-6-9-17/h3-13,15,21,31H,1,14H2,2H3. The van der Waals surface area contributed by atoms with Gasteiger partial charge in [-0.1, -0.05) is 66.5 Å². The van der Waals surface area contributed by atoms with E-state index < -0.39 is 29.5 Å². The monoisotopic (exact) mass is 487 g/mol. The first-order valence-corrected chi connectivity index (χ1v) is 11.4. The Morgan fingerprint density at radius 2 is 2.00 bits per heavy atom. The third-order valence-corrected chi connectivity index (χ3v) is 6.35. The summed E-state index contributed by atoms with van der Waals surface area (Å²) in [6, 6.07) is 11.6. The number of hydrogen-bond acceptors (Lipinski definition) is 8. The number of ether oxygens (including phenoxy) is 1. The molecule has 3 heterocycles. The van der Waals surface area contributed by atoms with E-state index in [9.17, 15) is 19.5 Å². The number of aliphatic hydroxyl groups is 1. The third kappa shape index (κ3) is 4.80. The summed E-state index contributed by atoms with van der Waals surface area (Å²) in [5, 5.41) is 10.9. The molecule has 4 rings (SSSR count). The summed E-state index contributed by atoms with van der Waals surface area (Å²) < 4.78 is 5.10. The Hall–Kier alpha value is -4.37. The molecule has 176 valence electrons. The minimum Gasteiger partial charge on any atom is -0.503 e. The second-order valence-electron chi connectivity index (χ2n) is 7.53. The van der Waals surface area contributed by atoms with Crippen molar-refractivity contribution < 1.29 is 24.2 Å². The highest BCUT2D eigenvalue weighted by Gasteiger charge is 2.45. The van der Waals surface area contributed by atoms with E-state index in [1.807, 2.05) is 30.3 Å². The van der Waals surface area contributed by atoms with Crippen LogP contribution in [0.15, 0.2) is 84.9 Å². The second kappa shape index (κ2) is 10.3. The number of amides is 1. The molecule has 1 aromatic carbocycles. The van der Waals surface area contributed by atoms with Gasteiger partial charge in [0, 0.05) is 12.4 Å². The Balaban J connectivity index is 1.75. The largest absolute Gasteiger partial charge is 0.503 e. The van der Waals surface area contributed by atoms with E-state index in [1.54, 1.807) is 31.3 Å². The zero-order chi connectivity index (χ0) is 24.9. The SMILES string of the molecule is C=CCOC(=O)c1sc(N2C(=O)C(O)=C(C(=O)C=Cc3ccccc3)C2c2cccnc2)nc1C. The van der Waals surface area contributed by atoms with Gasteiger partial charge >= 0.3 is 5.97 Å². The molecule has 0 bridgehead atoms. The summed E-state index contributed by atoms with van der Waals surface area (Å²) in [5.41, 5.74) is 1.56. The molecule has 0 spiro atoms. The number of aromatic nitrogens is 2. The minimum absolute atomic E-state index is 0.0290. The summed E-state index contributed by atoms with van der Waals surface area (Å²) in [4.78, 5) is 48.7. The Morgan fingerprint density at radius 3 is 2.69 bits per heavy atom. The second-order valence-corrected chi connectivity index (χ2v) is 8.51. The van der Waals surface area contributed by atoms with Gasteiger partial charge in [-0.3, -0.25) is 19.5 Å². The van der Waals surface area contributed by atoms with Gasteiger partial charge < -0.3 is 9.84 Å². The number of anilines is 1. The van der Waals surface area contributed by atoms with Crippen LogP contribution in [-0.4, -0.2) is 39.3 Å². The third-order valence-electron chi connectivity index (χ3n) is 5.21. The predicted molar refractivity (Wildman–Crippen MR) is 132 cm³/mol. The number of nitrogens with zero attached hydrogens (tertiary/aromatic N) is 3. The summed E-state index contributed by atoms with van der Waals surface area (Å²) in [6.45, 7) is 5.17. The molecule has 1 unspecified atom stereocenters. The van der Waals surface area contributed by atoms with Crippen molar-refractivity contribution in [2.75, 3.05) is 11.5 Å². The van der Waals surface area contributed by atoms with E-state index in [-0.39, 0.29) is 22.2 Å². The predicted octanol–water partition coefficient (Wildman–Crippen LogP) is 4.37. The number of carbonyl (C=O) groups excluding carboxylic acids is 3. The highest BCUT2D eigenvalue weighted by Crippen LogP contribution is 2.43. The number of aryl methyl sites for hydroxylation is 1. The lowest BCUT2D eigenvalue weighted by molar-refractivity contribution is -0.117. The van der Waals surface area contributed by atoms with Gasteiger partial charge in [0.2, 0.25) is 0 Å². The first-order chi connectivity index (χ1) is 16.9. The molecule has 8 nitrogen and oxygen atoms in total.